The maximum Gasteiger partial charge on any atom is 0.341 e. The van der Waals surface area contributed by atoms with Crippen LogP contribution in [-0.4, -0.2) is 29.6 Å². The van der Waals surface area contributed by atoms with Crippen LogP contribution in [0.3, 0.4) is 0 Å². The highest BCUT2D eigenvalue weighted by Crippen LogP contribution is 2.25. The predicted molar refractivity (Wildman–Crippen MR) is 75.6 cm³/mol. The molecule has 0 unspecified atom stereocenters. The van der Waals surface area contributed by atoms with Gasteiger partial charge in [-0.1, -0.05) is 32.9 Å². The number of amides is 1. The predicted octanol–water partition coefficient (Wildman–Crippen LogP) is 1.46. The molecule has 0 heterocycles. The van der Waals surface area contributed by atoms with Gasteiger partial charge in [0.05, 0.1) is 11.7 Å². The molecule has 1 rings (SSSR count). The average Bonchev–Trinajstić information content (AvgIpc) is 2.35. The van der Waals surface area contributed by atoms with Crippen molar-refractivity contribution < 1.29 is 19.4 Å². The molecule has 0 aliphatic carbocycles. The van der Waals surface area contributed by atoms with Crippen LogP contribution in [0.5, 0.6) is 5.75 Å². The monoisotopic (exact) mass is 280 g/mol. The number of hydrogen-bond donors (Lipinski definition) is 3. The zero-order chi connectivity index (χ0) is 15.3. The molecule has 0 spiro atoms. The summed E-state index contributed by atoms with van der Waals surface area (Å²) in [5.74, 6) is -1.13. The first-order valence-electron chi connectivity index (χ1n) is 6.22. The number of nitrogens with one attached hydrogen (secondary N) is 1. The molecule has 0 aliphatic heterocycles. The van der Waals surface area contributed by atoms with Crippen molar-refractivity contribution in [1.82, 2.24) is 0 Å². The number of nitrogens with two attached hydrogens (primary N) is 1. The van der Waals surface area contributed by atoms with Crippen molar-refractivity contribution >= 4 is 17.6 Å². The van der Waals surface area contributed by atoms with Crippen molar-refractivity contribution in [3.8, 4) is 5.75 Å². The summed E-state index contributed by atoms with van der Waals surface area (Å²) in [4.78, 5) is 22.6. The minimum atomic E-state index is -1.09. The molecular weight excluding hydrogens is 260 g/mol. The van der Waals surface area contributed by atoms with Crippen LogP contribution < -0.4 is 15.8 Å². The van der Waals surface area contributed by atoms with Crippen LogP contribution in [0.25, 0.3) is 0 Å². The third-order valence-electron chi connectivity index (χ3n) is 2.71. The Labute approximate surface area is 117 Å². The number of anilines is 1. The van der Waals surface area contributed by atoms with Crippen molar-refractivity contribution in [3.63, 3.8) is 0 Å². The first-order valence-corrected chi connectivity index (χ1v) is 6.22. The lowest BCUT2D eigenvalue weighted by molar-refractivity contribution is -0.139. The number of para-hydroxylation sites is 2. The van der Waals surface area contributed by atoms with Gasteiger partial charge in [0.2, 0.25) is 5.91 Å². The highest BCUT2D eigenvalue weighted by atomic mass is 16.5. The van der Waals surface area contributed by atoms with E-state index in [1.807, 2.05) is 20.8 Å². The number of carbonyl (C=O) groups excluding carboxylic acids is 1. The Hall–Kier alpha value is -2.08. The Kier molecular flexibility index (Phi) is 5.10. The van der Waals surface area contributed by atoms with E-state index in [4.69, 9.17) is 15.6 Å². The SMILES string of the molecule is CC(C)(C)[C@H](N)C(=O)Nc1ccccc1OCC(=O)O. The van der Waals surface area contributed by atoms with Crippen LogP contribution in [0.4, 0.5) is 5.69 Å². The molecule has 6 nitrogen and oxygen atoms in total. The summed E-state index contributed by atoms with van der Waals surface area (Å²) in [5, 5.41) is 11.3. The highest BCUT2D eigenvalue weighted by Gasteiger charge is 2.27. The van der Waals surface area contributed by atoms with E-state index < -0.39 is 18.6 Å². The maximum absolute atomic E-state index is 12.0. The Morgan fingerprint density at radius 3 is 2.50 bits per heavy atom. The smallest absolute Gasteiger partial charge is 0.341 e. The van der Waals surface area contributed by atoms with Crippen molar-refractivity contribution in [2.75, 3.05) is 11.9 Å². The number of carboxylic acids is 1. The second kappa shape index (κ2) is 6.38. The lowest BCUT2D eigenvalue weighted by Gasteiger charge is -2.26. The third-order valence-corrected chi connectivity index (χ3v) is 2.71. The van der Waals surface area contributed by atoms with Crippen LogP contribution in [0, 0.1) is 5.41 Å². The fraction of sp³-hybridized carbons (Fsp3) is 0.429. The largest absolute Gasteiger partial charge is 0.480 e. The van der Waals surface area contributed by atoms with E-state index in [0.29, 0.717) is 11.4 Å². The van der Waals surface area contributed by atoms with Gasteiger partial charge < -0.3 is 20.9 Å². The molecule has 0 saturated heterocycles. The van der Waals surface area contributed by atoms with E-state index in [1.54, 1.807) is 24.3 Å². The lowest BCUT2D eigenvalue weighted by Crippen LogP contribution is -2.45. The van der Waals surface area contributed by atoms with Crippen molar-refractivity contribution in [2.24, 2.45) is 11.1 Å². The van der Waals surface area contributed by atoms with E-state index in [0.717, 1.165) is 0 Å². The standard InChI is InChI=1S/C14H20N2O4/c1-14(2,3)12(15)13(19)16-9-6-4-5-7-10(9)20-8-11(17)18/h4-7,12H,8,15H2,1-3H3,(H,16,19)(H,17,18)/t12-/m1/s1. The molecule has 0 fully saturated rings. The molecule has 0 aliphatic rings. The van der Waals surface area contributed by atoms with Crippen LogP contribution in [0.15, 0.2) is 24.3 Å². The fourth-order valence-corrected chi connectivity index (χ4v) is 1.44. The zero-order valence-corrected chi connectivity index (χ0v) is 11.8. The zero-order valence-electron chi connectivity index (χ0n) is 11.8. The van der Waals surface area contributed by atoms with Gasteiger partial charge in [0.25, 0.3) is 0 Å². The number of benzene rings is 1. The summed E-state index contributed by atoms with van der Waals surface area (Å²) >= 11 is 0. The molecule has 1 atom stereocenters. The van der Waals surface area contributed by atoms with Crippen molar-refractivity contribution in [3.05, 3.63) is 24.3 Å². The molecule has 0 aromatic heterocycles. The fourth-order valence-electron chi connectivity index (χ4n) is 1.44. The minimum absolute atomic E-state index is 0.296. The van der Waals surface area contributed by atoms with Gasteiger partial charge >= 0.3 is 5.97 Å². The van der Waals surface area contributed by atoms with E-state index in [1.165, 1.54) is 0 Å². The topological polar surface area (TPSA) is 102 Å². The number of carboxylic acid groups (broad SMARTS) is 1. The molecule has 1 aromatic carbocycles. The normalized spacial score (nSPS) is 12.6. The Morgan fingerprint density at radius 2 is 1.95 bits per heavy atom. The van der Waals surface area contributed by atoms with E-state index >= 15 is 0 Å². The third kappa shape index (κ3) is 4.55. The van der Waals surface area contributed by atoms with Crippen LogP contribution in [-0.2, 0) is 9.59 Å². The Morgan fingerprint density at radius 1 is 1.35 bits per heavy atom. The molecular formula is C14H20N2O4. The molecule has 110 valence electrons. The molecule has 4 N–H and O–H groups in total. The molecule has 1 amide bonds. The number of hydrogen-bond acceptors (Lipinski definition) is 4. The number of ether oxygens (including phenoxy) is 1. The Bertz CT molecular complexity index is 494. The quantitative estimate of drug-likeness (QED) is 0.758. The van der Waals surface area contributed by atoms with Gasteiger partial charge in [-0.25, -0.2) is 4.79 Å². The van der Waals surface area contributed by atoms with E-state index in [9.17, 15) is 9.59 Å². The lowest BCUT2D eigenvalue weighted by atomic mass is 9.87. The van der Waals surface area contributed by atoms with Gasteiger partial charge in [-0.05, 0) is 17.5 Å². The van der Waals surface area contributed by atoms with Gasteiger partial charge in [-0.3, -0.25) is 4.79 Å². The van der Waals surface area contributed by atoms with E-state index in [2.05, 4.69) is 5.32 Å². The minimum Gasteiger partial charge on any atom is -0.480 e. The average molecular weight is 280 g/mol. The van der Waals surface area contributed by atoms with E-state index in [-0.39, 0.29) is 11.3 Å². The van der Waals surface area contributed by atoms with Gasteiger partial charge in [-0.15, -0.1) is 0 Å². The van der Waals surface area contributed by atoms with Crippen molar-refractivity contribution in [1.29, 1.82) is 0 Å². The summed E-state index contributed by atoms with van der Waals surface area (Å²) in [6.07, 6.45) is 0. The van der Waals surface area contributed by atoms with Gasteiger partial charge in [0.15, 0.2) is 6.61 Å². The first kappa shape index (κ1) is 16.0. The van der Waals surface area contributed by atoms with Crippen LogP contribution >= 0.6 is 0 Å². The number of aliphatic carboxylic acids is 1. The number of rotatable bonds is 5. The van der Waals surface area contributed by atoms with Gasteiger partial charge in [-0.2, -0.15) is 0 Å². The summed E-state index contributed by atoms with van der Waals surface area (Å²) in [5.41, 5.74) is 5.89. The highest BCUT2D eigenvalue weighted by molar-refractivity contribution is 5.96. The van der Waals surface area contributed by atoms with Crippen molar-refractivity contribution in [2.45, 2.75) is 26.8 Å². The summed E-state index contributed by atoms with van der Waals surface area (Å²) in [6, 6.07) is 5.93. The van der Waals surface area contributed by atoms with Crippen LogP contribution in [0.1, 0.15) is 20.8 Å². The second-order valence-electron chi connectivity index (χ2n) is 5.51. The molecule has 1 aromatic rings. The number of carbonyl (C=O) groups is 2. The maximum atomic E-state index is 12.0. The van der Waals surface area contributed by atoms with Gasteiger partial charge in [0.1, 0.15) is 5.75 Å². The first-order chi connectivity index (χ1) is 9.21. The Balaban J connectivity index is 2.82. The molecule has 20 heavy (non-hydrogen) atoms. The van der Waals surface area contributed by atoms with Crippen LogP contribution in [0.2, 0.25) is 0 Å². The molecule has 0 bridgehead atoms. The summed E-state index contributed by atoms with van der Waals surface area (Å²) in [7, 11) is 0. The molecule has 0 saturated carbocycles. The molecule has 6 heteroatoms. The second-order valence-corrected chi connectivity index (χ2v) is 5.51. The summed E-state index contributed by atoms with van der Waals surface area (Å²) < 4.78 is 5.11. The molecule has 0 radical (unpaired) electrons. The summed E-state index contributed by atoms with van der Waals surface area (Å²) in [6.45, 7) is 5.12. The van der Waals surface area contributed by atoms with Gasteiger partial charge in [0, 0.05) is 0 Å².